The predicted octanol–water partition coefficient (Wildman–Crippen LogP) is 1.19. The van der Waals surface area contributed by atoms with Crippen molar-refractivity contribution in [3.8, 4) is 0 Å². The molecule has 0 radical (unpaired) electrons. The molecule has 0 aromatic carbocycles. The summed E-state index contributed by atoms with van der Waals surface area (Å²) in [4.78, 5) is 1.81. The average molecular weight is 154 g/mol. The summed E-state index contributed by atoms with van der Waals surface area (Å²) in [6.07, 6.45) is 6.00. The van der Waals surface area contributed by atoms with Crippen LogP contribution in [0.2, 0.25) is 0 Å². The van der Waals surface area contributed by atoms with E-state index in [1.54, 1.807) is 24.2 Å². The minimum absolute atomic E-state index is 0.799. The van der Waals surface area contributed by atoms with Gasteiger partial charge in [-0.1, -0.05) is 6.58 Å². The Balaban J connectivity index is 3.85. The van der Waals surface area contributed by atoms with Crippen LogP contribution in [-0.2, 0) is 0 Å². The maximum atomic E-state index is 8.29. The summed E-state index contributed by atoms with van der Waals surface area (Å²) in [5, 5.41) is 11.2. The second kappa shape index (κ2) is 5.41. The zero-order chi connectivity index (χ0) is 8.69. The van der Waals surface area contributed by atoms with Gasteiger partial charge in [0.15, 0.2) is 0 Å². The number of allylic oxidation sites excluding steroid dienone is 2. The number of hydrogen-bond acceptors (Lipinski definition) is 3. The maximum Gasteiger partial charge on any atom is 0.0973 e. The molecule has 62 valence electrons. The molecule has 0 aliphatic carbocycles. The van der Waals surface area contributed by atoms with Crippen LogP contribution in [0.1, 0.15) is 0 Å². The van der Waals surface area contributed by atoms with Gasteiger partial charge >= 0.3 is 0 Å². The fourth-order valence-corrected chi connectivity index (χ4v) is 0.495. The summed E-state index contributed by atoms with van der Waals surface area (Å²) >= 11 is 0. The molecule has 0 atom stereocenters. The Kier molecular flexibility index (Phi) is 4.73. The number of aliphatic hydroxyl groups is 1. The van der Waals surface area contributed by atoms with Crippen molar-refractivity contribution < 1.29 is 5.11 Å². The van der Waals surface area contributed by atoms with Crippen molar-refractivity contribution in [3.63, 3.8) is 0 Å². The van der Waals surface area contributed by atoms with E-state index in [0.29, 0.717) is 0 Å². The first-order valence-electron chi connectivity index (χ1n) is 3.29. The van der Waals surface area contributed by atoms with Gasteiger partial charge in [0.2, 0.25) is 0 Å². The van der Waals surface area contributed by atoms with Crippen LogP contribution in [0.5, 0.6) is 0 Å². The molecule has 0 spiro atoms. The van der Waals surface area contributed by atoms with Crippen LogP contribution in [-0.4, -0.2) is 24.1 Å². The molecule has 0 aromatic rings. The molecule has 0 fully saturated rings. The second-order valence-electron chi connectivity index (χ2n) is 1.99. The predicted molar refractivity (Wildman–Crippen MR) is 46.9 cm³/mol. The van der Waals surface area contributed by atoms with Gasteiger partial charge in [-0.2, -0.15) is 0 Å². The monoisotopic (exact) mass is 154 g/mol. The van der Waals surface area contributed by atoms with E-state index < -0.39 is 0 Å². The molecule has 0 amide bonds. The topological polar surface area (TPSA) is 35.5 Å². The van der Waals surface area contributed by atoms with E-state index >= 15 is 0 Å². The van der Waals surface area contributed by atoms with Crippen LogP contribution in [0.4, 0.5) is 0 Å². The lowest BCUT2D eigenvalue weighted by molar-refractivity contribution is 0.473. The second-order valence-corrected chi connectivity index (χ2v) is 1.99. The molecule has 0 saturated carbocycles. The highest BCUT2D eigenvalue weighted by Crippen LogP contribution is 1.92. The Morgan fingerprint density at radius 3 is 2.64 bits per heavy atom. The number of nitrogens with zero attached hydrogens (tertiary/aromatic N) is 1. The quantitative estimate of drug-likeness (QED) is 0.471. The lowest BCUT2D eigenvalue weighted by Gasteiger charge is -2.15. The van der Waals surface area contributed by atoms with Crippen LogP contribution in [0.3, 0.4) is 0 Å². The molecule has 0 aliphatic heterocycles. The molecule has 0 aromatic heterocycles. The van der Waals surface area contributed by atoms with E-state index in [1.165, 1.54) is 6.08 Å². The first-order chi connectivity index (χ1) is 5.22. The molecule has 0 unspecified atom stereocenters. The van der Waals surface area contributed by atoms with Crippen molar-refractivity contribution in [2.45, 2.75) is 0 Å². The number of aliphatic hydroxyl groups excluding tert-OH is 1. The minimum Gasteiger partial charge on any atom is -0.516 e. The number of hydrogen-bond donors (Lipinski definition) is 2. The smallest absolute Gasteiger partial charge is 0.0973 e. The highest BCUT2D eigenvalue weighted by atomic mass is 16.2. The molecule has 11 heavy (non-hydrogen) atoms. The maximum absolute atomic E-state index is 8.29. The number of rotatable bonds is 4. The first-order valence-corrected chi connectivity index (χ1v) is 3.29. The Hall–Kier alpha value is -1.38. The molecule has 0 rings (SSSR count). The summed E-state index contributed by atoms with van der Waals surface area (Å²) in [6.45, 7) is 3.73. The van der Waals surface area contributed by atoms with Gasteiger partial charge in [0.1, 0.15) is 0 Å². The lowest BCUT2D eigenvalue weighted by atomic mass is 10.5. The van der Waals surface area contributed by atoms with Gasteiger partial charge in [0.25, 0.3) is 0 Å². The normalized spacial score (nSPS) is 10.7. The molecule has 0 heterocycles. The Morgan fingerprint density at radius 2 is 2.18 bits per heavy atom. The average Bonchev–Trinajstić information content (AvgIpc) is 2.03. The fraction of sp³-hybridized carbons (Fsp3) is 0.250. The largest absolute Gasteiger partial charge is 0.516 e. The fourth-order valence-electron chi connectivity index (χ4n) is 0.495. The SMILES string of the molecule is C=C(NC)N(C)/C=C\C=C/O. The summed E-state index contributed by atoms with van der Waals surface area (Å²) in [6, 6.07) is 0. The van der Waals surface area contributed by atoms with Crippen molar-refractivity contribution >= 4 is 0 Å². The van der Waals surface area contributed by atoms with E-state index in [1.807, 2.05) is 7.05 Å². The first kappa shape index (κ1) is 9.62. The van der Waals surface area contributed by atoms with Crippen LogP contribution < -0.4 is 5.32 Å². The number of nitrogens with one attached hydrogen (secondary N) is 1. The van der Waals surface area contributed by atoms with Crippen LogP contribution in [0.15, 0.2) is 37.0 Å². The minimum atomic E-state index is 0.799. The third kappa shape index (κ3) is 4.08. The van der Waals surface area contributed by atoms with Gasteiger partial charge in [0, 0.05) is 20.3 Å². The van der Waals surface area contributed by atoms with E-state index in [4.69, 9.17) is 5.11 Å². The Labute approximate surface area is 67.3 Å². The lowest BCUT2D eigenvalue weighted by Crippen LogP contribution is -2.19. The van der Waals surface area contributed by atoms with Gasteiger partial charge < -0.3 is 15.3 Å². The molecule has 0 saturated heterocycles. The van der Waals surface area contributed by atoms with Gasteiger partial charge in [-0.25, -0.2) is 0 Å². The third-order valence-electron chi connectivity index (χ3n) is 1.22. The van der Waals surface area contributed by atoms with Crippen LogP contribution >= 0.6 is 0 Å². The van der Waals surface area contributed by atoms with Crippen molar-refractivity contribution in [2.75, 3.05) is 14.1 Å². The third-order valence-corrected chi connectivity index (χ3v) is 1.22. The molecule has 2 N–H and O–H groups in total. The standard InChI is InChI=1S/C8H14N2O/c1-8(9-2)10(3)6-4-5-7-11/h4-7,9,11H,1H2,2-3H3/b6-4-,7-5-. The molecule has 0 bridgehead atoms. The summed E-state index contributed by atoms with van der Waals surface area (Å²) < 4.78 is 0. The van der Waals surface area contributed by atoms with E-state index in [-0.39, 0.29) is 0 Å². The van der Waals surface area contributed by atoms with Crippen molar-refractivity contribution in [1.29, 1.82) is 0 Å². The molecule has 3 heteroatoms. The zero-order valence-electron chi connectivity index (χ0n) is 6.91. The Bertz CT molecular complexity index is 173. The summed E-state index contributed by atoms with van der Waals surface area (Å²) in [5.74, 6) is 0.799. The molecular weight excluding hydrogens is 140 g/mol. The highest BCUT2D eigenvalue weighted by Gasteiger charge is 1.90. The summed E-state index contributed by atoms with van der Waals surface area (Å²) in [5.41, 5.74) is 0. The van der Waals surface area contributed by atoms with Gasteiger partial charge in [-0.05, 0) is 12.2 Å². The van der Waals surface area contributed by atoms with Crippen molar-refractivity contribution in [3.05, 3.63) is 37.0 Å². The van der Waals surface area contributed by atoms with E-state index in [2.05, 4.69) is 11.9 Å². The van der Waals surface area contributed by atoms with Gasteiger partial charge in [-0.3, -0.25) is 0 Å². The molecule has 0 aliphatic rings. The molecular formula is C8H14N2O. The van der Waals surface area contributed by atoms with Crippen molar-refractivity contribution in [1.82, 2.24) is 10.2 Å². The summed E-state index contributed by atoms with van der Waals surface area (Å²) in [7, 11) is 3.66. The van der Waals surface area contributed by atoms with Crippen molar-refractivity contribution in [2.24, 2.45) is 0 Å². The Morgan fingerprint density at radius 1 is 1.55 bits per heavy atom. The van der Waals surface area contributed by atoms with Gasteiger partial charge in [-0.15, -0.1) is 0 Å². The molecule has 3 nitrogen and oxygen atoms in total. The van der Waals surface area contributed by atoms with E-state index in [9.17, 15) is 0 Å². The van der Waals surface area contributed by atoms with Crippen LogP contribution in [0.25, 0.3) is 0 Å². The zero-order valence-corrected chi connectivity index (χ0v) is 6.91. The van der Waals surface area contributed by atoms with Crippen LogP contribution in [0, 0.1) is 0 Å². The van der Waals surface area contributed by atoms with Gasteiger partial charge in [0.05, 0.1) is 12.1 Å². The highest BCUT2D eigenvalue weighted by molar-refractivity contribution is 5.03. The van der Waals surface area contributed by atoms with E-state index in [0.717, 1.165) is 12.1 Å².